The summed E-state index contributed by atoms with van der Waals surface area (Å²) in [7, 11) is 3.21. The van der Waals surface area contributed by atoms with E-state index in [1.165, 1.54) is 0 Å². The normalized spacial score (nSPS) is 13.3. The van der Waals surface area contributed by atoms with Crippen molar-refractivity contribution in [3.8, 4) is 23.0 Å². The molecule has 10 heteroatoms. The third-order valence-electron chi connectivity index (χ3n) is 6.07. The van der Waals surface area contributed by atoms with Gasteiger partial charge in [-0.2, -0.15) is 0 Å². The van der Waals surface area contributed by atoms with E-state index in [2.05, 4.69) is 10.6 Å². The van der Waals surface area contributed by atoms with Gasteiger partial charge in [0.05, 0.1) is 0 Å². The average molecular weight is 573 g/mol. The molecule has 2 N–H and O–H groups in total. The second-order valence-electron chi connectivity index (χ2n) is 8.84. The molecule has 2 amide bonds. The summed E-state index contributed by atoms with van der Waals surface area (Å²) in [5.74, 6) is 2.03. The SMILES string of the molecule is O=C(Nc1ccc(SSc2ccc(NC(=O)c3ccc4c(c3)OCCO4)cc2)cc1)c1ccc2c(c1)OCCO2. The molecule has 6 rings (SSSR count). The summed E-state index contributed by atoms with van der Waals surface area (Å²) in [4.78, 5) is 27.4. The summed E-state index contributed by atoms with van der Waals surface area (Å²) in [6.07, 6.45) is 0. The van der Waals surface area contributed by atoms with Crippen LogP contribution in [0.15, 0.2) is 94.7 Å². The molecule has 0 saturated heterocycles. The maximum atomic E-state index is 12.7. The summed E-state index contributed by atoms with van der Waals surface area (Å²) >= 11 is 0. The number of amides is 2. The monoisotopic (exact) mass is 572 g/mol. The predicted molar refractivity (Wildman–Crippen MR) is 155 cm³/mol. The Labute approximate surface area is 238 Å². The van der Waals surface area contributed by atoms with Crippen LogP contribution in [0.1, 0.15) is 20.7 Å². The van der Waals surface area contributed by atoms with Crippen LogP contribution in [0.2, 0.25) is 0 Å². The van der Waals surface area contributed by atoms with E-state index in [0.717, 1.165) is 9.79 Å². The van der Waals surface area contributed by atoms with Crippen LogP contribution in [0.25, 0.3) is 0 Å². The molecule has 2 aliphatic heterocycles. The highest BCUT2D eigenvalue weighted by molar-refractivity contribution is 8.76. The molecule has 8 nitrogen and oxygen atoms in total. The van der Waals surface area contributed by atoms with Gasteiger partial charge in [0.2, 0.25) is 0 Å². The Bertz CT molecular complexity index is 1430. The van der Waals surface area contributed by atoms with Gasteiger partial charge in [-0.3, -0.25) is 9.59 Å². The molecule has 0 atom stereocenters. The minimum absolute atomic E-state index is 0.215. The van der Waals surface area contributed by atoms with Crippen molar-refractivity contribution in [2.75, 3.05) is 37.1 Å². The maximum absolute atomic E-state index is 12.7. The molecule has 0 spiro atoms. The molecule has 2 heterocycles. The molecule has 0 aromatic heterocycles. The Morgan fingerprint density at radius 3 is 1.27 bits per heavy atom. The van der Waals surface area contributed by atoms with E-state index >= 15 is 0 Å². The molecule has 0 aliphatic carbocycles. The Morgan fingerprint density at radius 2 is 0.875 bits per heavy atom. The topological polar surface area (TPSA) is 95.1 Å². The minimum atomic E-state index is -0.215. The van der Waals surface area contributed by atoms with Crippen LogP contribution < -0.4 is 29.6 Å². The van der Waals surface area contributed by atoms with Gasteiger partial charge in [0.25, 0.3) is 11.8 Å². The minimum Gasteiger partial charge on any atom is -0.486 e. The lowest BCUT2D eigenvalue weighted by Crippen LogP contribution is -2.17. The van der Waals surface area contributed by atoms with Crippen molar-refractivity contribution < 1.29 is 28.5 Å². The average Bonchev–Trinajstić information content (AvgIpc) is 3.01. The van der Waals surface area contributed by atoms with Crippen molar-refractivity contribution in [1.29, 1.82) is 0 Å². The smallest absolute Gasteiger partial charge is 0.255 e. The van der Waals surface area contributed by atoms with Gasteiger partial charge in [-0.25, -0.2) is 0 Å². The van der Waals surface area contributed by atoms with E-state index in [9.17, 15) is 9.59 Å². The van der Waals surface area contributed by atoms with Crippen molar-refractivity contribution in [2.24, 2.45) is 0 Å². The lowest BCUT2D eigenvalue weighted by Gasteiger charge is -2.18. The van der Waals surface area contributed by atoms with Crippen molar-refractivity contribution in [1.82, 2.24) is 0 Å². The largest absolute Gasteiger partial charge is 0.486 e. The number of carbonyl (C=O) groups is 2. The standard InChI is InChI=1S/C30H24N2O6S2/c33-29(19-1-11-25-27(17-19)37-15-13-35-25)31-21-3-7-23(8-4-21)39-40-24-9-5-22(6-10-24)32-30(34)20-2-12-26-28(18-20)38-16-14-36-26/h1-12,17-18H,13-16H2,(H,31,33)(H,32,34). The fourth-order valence-corrected chi connectivity index (χ4v) is 5.99. The molecular weight excluding hydrogens is 548 g/mol. The van der Waals surface area contributed by atoms with Gasteiger partial charge in [0.1, 0.15) is 26.4 Å². The number of fused-ring (bicyclic) bond motifs is 2. The quantitative estimate of drug-likeness (QED) is 0.241. The van der Waals surface area contributed by atoms with Crippen LogP contribution in [0.5, 0.6) is 23.0 Å². The molecule has 0 fully saturated rings. The Morgan fingerprint density at radius 1 is 0.500 bits per heavy atom. The second-order valence-corrected chi connectivity index (χ2v) is 11.1. The van der Waals surface area contributed by atoms with E-state index in [-0.39, 0.29) is 11.8 Å². The third kappa shape index (κ3) is 6.13. The maximum Gasteiger partial charge on any atom is 0.255 e. The first-order valence-corrected chi connectivity index (χ1v) is 14.7. The summed E-state index contributed by atoms with van der Waals surface area (Å²) < 4.78 is 22.2. The van der Waals surface area contributed by atoms with Gasteiger partial charge in [0.15, 0.2) is 23.0 Å². The van der Waals surface area contributed by atoms with Crippen LogP contribution in [0.4, 0.5) is 11.4 Å². The van der Waals surface area contributed by atoms with E-state index < -0.39 is 0 Å². The predicted octanol–water partition coefficient (Wildman–Crippen LogP) is 6.53. The van der Waals surface area contributed by atoms with E-state index in [1.54, 1.807) is 58.0 Å². The highest BCUT2D eigenvalue weighted by atomic mass is 33.1. The zero-order valence-corrected chi connectivity index (χ0v) is 22.8. The van der Waals surface area contributed by atoms with Crippen LogP contribution in [0.3, 0.4) is 0 Å². The molecule has 40 heavy (non-hydrogen) atoms. The molecular formula is C30H24N2O6S2. The van der Waals surface area contributed by atoms with E-state index in [1.807, 2.05) is 48.5 Å². The van der Waals surface area contributed by atoms with Gasteiger partial charge >= 0.3 is 0 Å². The Kier molecular flexibility index (Phi) is 7.69. The molecule has 4 aromatic rings. The van der Waals surface area contributed by atoms with Gasteiger partial charge in [-0.15, -0.1) is 0 Å². The van der Waals surface area contributed by atoms with Gasteiger partial charge < -0.3 is 29.6 Å². The van der Waals surface area contributed by atoms with Crippen LogP contribution in [0, 0.1) is 0 Å². The molecule has 4 aromatic carbocycles. The lowest BCUT2D eigenvalue weighted by atomic mass is 10.1. The zero-order valence-electron chi connectivity index (χ0n) is 21.2. The highest BCUT2D eigenvalue weighted by Crippen LogP contribution is 2.38. The molecule has 2 aliphatic rings. The number of ether oxygens (including phenoxy) is 4. The molecule has 0 saturated carbocycles. The number of nitrogens with one attached hydrogen (secondary N) is 2. The molecule has 0 bridgehead atoms. The summed E-state index contributed by atoms with van der Waals surface area (Å²) in [5, 5.41) is 5.83. The molecule has 0 unspecified atom stereocenters. The number of rotatable bonds is 7. The van der Waals surface area contributed by atoms with Gasteiger partial charge in [-0.05, 0) is 84.9 Å². The summed E-state index contributed by atoms with van der Waals surface area (Å²) in [5.41, 5.74) is 2.41. The number of benzene rings is 4. The molecule has 202 valence electrons. The number of hydrogen-bond donors (Lipinski definition) is 2. The third-order valence-corrected chi connectivity index (χ3v) is 8.48. The Balaban J connectivity index is 0.997. The number of anilines is 2. The van der Waals surface area contributed by atoms with Crippen molar-refractivity contribution in [2.45, 2.75) is 9.79 Å². The van der Waals surface area contributed by atoms with Crippen LogP contribution in [-0.4, -0.2) is 38.2 Å². The van der Waals surface area contributed by atoms with Crippen LogP contribution >= 0.6 is 21.6 Å². The highest BCUT2D eigenvalue weighted by Gasteiger charge is 2.16. The first-order chi connectivity index (χ1) is 19.6. The summed E-state index contributed by atoms with van der Waals surface area (Å²) in [6, 6.07) is 25.6. The molecule has 0 radical (unpaired) electrons. The zero-order chi connectivity index (χ0) is 27.3. The fraction of sp³-hybridized carbons (Fsp3) is 0.133. The lowest BCUT2D eigenvalue weighted by molar-refractivity contribution is 0.101. The van der Waals surface area contributed by atoms with Gasteiger partial charge in [-0.1, -0.05) is 21.6 Å². The van der Waals surface area contributed by atoms with Crippen molar-refractivity contribution >= 4 is 44.8 Å². The number of carbonyl (C=O) groups excluding carboxylic acids is 2. The number of hydrogen-bond acceptors (Lipinski definition) is 8. The van der Waals surface area contributed by atoms with Gasteiger partial charge in [0, 0.05) is 32.3 Å². The summed E-state index contributed by atoms with van der Waals surface area (Å²) in [6.45, 7) is 1.96. The van der Waals surface area contributed by atoms with Crippen LogP contribution in [-0.2, 0) is 0 Å². The van der Waals surface area contributed by atoms with E-state index in [0.29, 0.717) is 71.9 Å². The van der Waals surface area contributed by atoms with Crippen molar-refractivity contribution in [3.63, 3.8) is 0 Å². The van der Waals surface area contributed by atoms with E-state index in [4.69, 9.17) is 18.9 Å². The first kappa shape index (κ1) is 26.0. The fourth-order valence-electron chi connectivity index (χ4n) is 4.06. The van der Waals surface area contributed by atoms with Crippen molar-refractivity contribution in [3.05, 3.63) is 96.1 Å². The second kappa shape index (κ2) is 11.8. The Hall–Kier alpha value is -4.28. The first-order valence-electron chi connectivity index (χ1n) is 12.6.